The Morgan fingerprint density at radius 1 is 0.500 bits per heavy atom. The summed E-state index contributed by atoms with van der Waals surface area (Å²) in [7, 11) is 0. The van der Waals surface area contributed by atoms with Gasteiger partial charge in [-0.3, -0.25) is 0 Å². The van der Waals surface area contributed by atoms with Crippen molar-refractivity contribution in [1.29, 1.82) is 0 Å². The highest BCUT2D eigenvalue weighted by Gasteiger charge is 2.19. The molecule has 0 radical (unpaired) electrons. The van der Waals surface area contributed by atoms with Crippen molar-refractivity contribution in [2.24, 2.45) is 0 Å². The minimum Gasteiger partial charge on any atom is -0.431 e. The van der Waals surface area contributed by atoms with E-state index in [0.29, 0.717) is 0 Å². The van der Waals surface area contributed by atoms with Crippen LogP contribution in [0.4, 0.5) is 4.79 Å². The van der Waals surface area contributed by atoms with Gasteiger partial charge in [0.1, 0.15) is 12.2 Å². The monoisotopic (exact) mass is 398 g/mol. The van der Waals surface area contributed by atoms with Gasteiger partial charge in [-0.1, -0.05) is 91.9 Å². The van der Waals surface area contributed by atoms with Crippen molar-refractivity contribution in [2.75, 3.05) is 0 Å². The van der Waals surface area contributed by atoms with Crippen LogP contribution in [0.15, 0.2) is 0 Å². The Balaban J connectivity index is 4.44. The van der Waals surface area contributed by atoms with Gasteiger partial charge in [0.05, 0.1) is 0 Å². The van der Waals surface area contributed by atoms with Crippen LogP contribution in [-0.2, 0) is 9.47 Å². The van der Waals surface area contributed by atoms with Crippen LogP contribution in [0, 0.1) is 0 Å². The lowest BCUT2D eigenvalue weighted by molar-refractivity contribution is -0.0120. The van der Waals surface area contributed by atoms with Gasteiger partial charge in [0.2, 0.25) is 0 Å². The van der Waals surface area contributed by atoms with Gasteiger partial charge in [-0.15, -0.1) is 0 Å². The van der Waals surface area contributed by atoms with E-state index in [1.807, 2.05) is 0 Å². The Morgan fingerprint density at radius 3 is 1.11 bits per heavy atom. The Morgan fingerprint density at radius 2 is 0.786 bits per heavy atom. The Hall–Kier alpha value is -0.730. The predicted octanol–water partition coefficient (Wildman–Crippen LogP) is 8.98. The lowest BCUT2D eigenvalue weighted by Gasteiger charge is -2.21. The van der Waals surface area contributed by atoms with Crippen molar-refractivity contribution in [2.45, 2.75) is 155 Å². The van der Waals surface area contributed by atoms with Gasteiger partial charge < -0.3 is 9.47 Å². The maximum Gasteiger partial charge on any atom is 0.508 e. The molecule has 0 heterocycles. The molecule has 0 aromatic rings. The van der Waals surface area contributed by atoms with Crippen LogP contribution in [0.3, 0.4) is 0 Å². The van der Waals surface area contributed by atoms with Crippen molar-refractivity contribution in [3.8, 4) is 0 Å². The van der Waals surface area contributed by atoms with Gasteiger partial charge >= 0.3 is 6.16 Å². The van der Waals surface area contributed by atoms with Crippen LogP contribution in [0.25, 0.3) is 0 Å². The second-order valence-electron chi connectivity index (χ2n) is 8.42. The summed E-state index contributed by atoms with van der Waals surface area (Å²) in [5.74, 6) is 0. The quantitative estimate of drug-likeness (QED) is 0.152. The van der Waals surface area contributed by atoms with Crippen LogP contribution in [-0.4, -0.2) is 18.4 Å². The largest absolute Gasteiger partial charge is 0.508 e. The van der Waals surface area contributed by atoms with Gasteiger partial charge in [0, 0.05) is 0 Å². The van der Waals surface area contributed by atoms with E-state index in [1.165, 1.54) is 64.2 Å². The van der Waals surface area contributed by atoms with Crippen molar-refractivity contribution < 1.29 is 14.3 Å². The minimum atomic E-state index is -0.422. The molecule has 0 aliphatic heterocycles. The summed E-state index contributed by atoms with van der Waals surface area (Å²) in [5, 5.41) is 0. The summed E-state index contributed by atoms with van der Waals surface area (Å²) in [6.07, 6.45) is 20.4. The molecule has 0 aromatic carbocycles. The summed E-state index contributed by atoms with van der Waals surface area (Å²) < 4.78 is 11.6. The second kappa shape index (κ2) is 21.0. The molecule has 0 aromatic heterocycles. The SMILES string of the molecule is CCCCCCC(CCCCC)OC(=O)OC(CCCCC)CCCCCC. The Labute approximate surface area is 176 Å². The highest BCUT2D eigenvalue weighted by molar-refractivity contribution is 5.60. The molecule has 0 N–H and O–H groups in total. The summed E-state index contributed by atoms with van der Waals surface area (Å²) in [6.45, 7) is 8.88. The van der Waals surface area contributed by atoms with Crippen LogP contribution >= 0.6 is 0 Å². The molecular weight excluding hydrogens is 348 g/mol. The number of hydrogen-bond donors (Lipinski definition) is 0. The predicted molar refractivity (Wildman–Crippen MR) is 121 cm³/mol. The number of carbonyl (C=O) groups is 1. The average Bonchev–Trinajstić information content (AvgIpc) is 2.68. The van der Waals surface area contributed by atoms with Gasteiger partial charge in [0.25, 0.3) is 0 Å². The minimum absolute atomic E-state index is 0.0345. The van der Waals surface area contributed by atoms with Crippen LogP contribution in [0.2, 0.25) is 0 Å². The smallest absolute Gasteiger partial charge is 0.431 e. The first-order valence-corrected chi connectivity index (χ1v) is 12.5. The van der Waals surface area contributed by atoms with E-state index < -0.39 is 6.16 Å². The lowest BCUT2D eigenvalue weighted by Crippen LogP contribution is -2.24. The lowest BCUT2D eigenvalue weighted by atomic mass is 10.0. The number of ether oxygens (including phenoxy) is 2. The standard InChI is InChI=1S/C25H50O3/c1-5-9-13-17-21-23(19-15-11-7-3)27-25(26)28-24(20-16-12-8-4)22-18-14-10-6-2/h23-24H,5-22H2,1-4H3. The molecule has 0 fully saturated rings. The molecule has 0 spiro atoms. The summed E-state index contributed by atoms with van der Waals surface area (Å²) in [4.78, 5) is 12.5. The maximum absolute atomic E-state index is 12.5. The topological polar surface area (TPSA) is 35.5 Å². The third-order valence-electron chi connectivity index (χ3n) is 5.54. The molecule has 0 rings (SSSR count). The summed E-state index contributed by atoms with van der Waals surface area (Å²) in [5.41, 5.74) is 0. The van der Waals surface area contributed by atoms with Gasteiger partial charge in [-0.2, -0.15) is 0 Å². The van der Waals surface area contributed by atoms with Gasteiger partial charge in [-0.05, 0) is 51.4 Å². The van der Waals surface area contributed by atoms with E-state index in [0.717, 1.165) is 51.4 Å². The molecular formula is C25H50O3. The Kier molecular flexibility index (Phi) is 20.4. The van der Waals surface area contributed by atoms with E-state index in [-0.39, 0.29) is 12.2 Å². The average molecular weight is 399 g/mol. The van der Waals surface area contributed by atoms with Crippen molar-refractivity contribution in [1.82, 2.24) is 0 Å². The zero-order valence-electron chi connectivity index (χ0n) is 19.6. The first-order valence-electron chi connectivity index (χ1n) is 12.5. The van der Waals surface area contributed by atoms with Gasteiger partial charge in [0.15, 0.2) is 0 Å². The van der Waals surface area contributed by atoms with E-state index in [2.05, 4.69) is 27.7 Å². The van der Waals surface area contributed by atoms with E-state index >= 15 is 0 Å². The molecule has 28 heavy (non-hydrogen) atoms. The van der Waals surface area contributed by atoms with Crippen LogP contribution in [0.1, 0.15) is 143 Å². The highest BCUT2D eigenvalue weighted by Crippen LogP contribution is 2.19. The van der Waals surface area contributed by atoms with E-state index in [1.54, 1.807) is 0 Å². The van der Waals surface area contributed by atoms with Crippen molar-refractivity contribution in [3.05, 3.63) is 0 Å². The molecule has 0 saturated carbocycles. The number of carbonyl (C=O) groups excluding carboxylic acids is 1. The first-order chi connectivity index (χ1) is 13.7. The zero-order valence-corrected chi connectivity index (χ0v) is 19.6. The number of unbranched alkanes of at least 4 members (excludes halogenated alkanes) is 10. The second-order valence-corrected chi connectivity index (χ2v) is 8.42. The van der Waals surface area contributed by atoms with Crippen LogP contribution in [0.5, 0.6) is 0 Å². The van der Waals surface area contributed by atoms with Gasteiger partial charge in [-0.25, -0.2) is 4.79 Å². The first kappa shape index (κ1) is 27.3. The molecule has 3 heteroatoms. The molecule has 2 atom stereocenters. The molecule has 0 saturated heterocycles. The normalized spacial score (nSPS) is 13.3. The number of rotatable bonds is 20. The third kappa shape index (κ3) is 17.4. The molecule has 0 aliphatic rings. The zero-order chi connectivity index (χ0) is 20.9. The van der Waals surface area contributed by atoms with Crippen molar-refractivity contribution in [3.63, 3.8) is 0 Å². The molecule has 3 nitrogen and oxygen atoms in total. The molecule has 0 amide bonds. The van der Waals surface area contributed by atoms with Crippen LogP contribution < -0.4 is 0 Å². The summed E-state index contributed by atoms with van der Waals surface area (Å²) >= 11 is 0. The van der Waals surface area contributed by atoms with E-state index in [4.69, 9.17) is 9.47 Å². The Bertz CT molecular complexity index is 300. The fraction of sp³-hybridized carbons (Fsp3) is 0.960. The molecule has 2 unspecified atom stereocenters. The molecule has 0 bridgehead atoms. The van der Waals surface area contributed by atoms with E-state index in [9.17, 15) is 4.79 Å². The molecule has 0 aliphatic carbocycles. The fourth-order valence-electron chi connectivity index (χ4n) is 3.67. The highest BCUT2D eigenvalue weighted by atomic mass is 16.7. The maximum atomic E-state index is 12.5. The summed E-state index contributed by atoms with van der Waals surface area (Å²) in [6, 6.07) is 0. The third-order valence-corrected chi connectivity index (χ3v) is 5.54. The fourth-order valence-corrected chi connectivity index (χ4v) is 3.67. The van der Waals surface area contributed by atoms with Crippen molar-refractivity contribution >= 4 is 6.16 Å². The molecule has 168 valence electrons. The number of hydrogen-bond acceptors (Lipinski definition) is 3.